The van der Waals surface area contributed by atoms with Crippen molar-refractivity contribution in [2.45, 2.75) is 6.32 Å². The van der Waals surface area contributed by atoms with E-state index in [0.717, 1.165) is 5.72 Å². The van der Waals surface area contributed by atoms with Crippen LogP contribution in [0.25, 0.3) is 5.57 Å². The second-order valence-electron chi connectivity index (χ2n) is 4.71. The Kier molecular flexibility index (Phi) is 4.54. The van der Waals surface area contributed by atoms with Crippen LogP contribution in [-0.4, -0.2) is 11.8 Å². The van der Waals surface area contributed by atoms with E-state index in [-0.39, 0.29) is 11.9 Å². The molecule has 106 valence electrons. The fourth-order valence-electron chi connectivity index (χ4n) is 2.13. The Morgan fingerprint density at radius 2 is 2.00 bits per heavy atom. The van der Waals surface area contributed by atoms with E-state index in [4.69, 9.17) is 5.26 Å². The Morgan fingerprint density at radius 1 is 1.33 bits per heavy atom. The summed E-state index contributed by atoms with van der Waals surface area (Å²) >= 11 is 0. The molecule has 6 heteroatoms. The first kappa shape index (κ1) is 15.0. The van der Waals surface area contributed by atoms with Gasteiger partial charge in [-0.15, -0.1) is 0 Å². The van der Waals surface area contributed by atoms with Gasteiger partial charge in [-0.2, -0.15) is 27.6 Å². The smallest absolute Gasteiger partial charge is 0.270 e. The quantitative estimate of drug-likeness (QED) is 0.622. The lowest BCUT2D eigenvalue weighted by atomic mass is 9.69. The van der Waals surface area contributed by atoms with Crippen molar-refractivity contribution in [3.8, 4) is 6.07 Å². The molecule has 1 heterocycles. The zero-order valence-electron chi connectivity index (χ0n) is 11.8. The van der Waals surface area contributed by atoms with Crippen LogP contribution in [0, 0.1) is 11.3 Å². The van der Waals surface area contributed by atoms with Gasteiger partial charge in [-0.3, -0.25) is 9.13 Å². The van der Waals surface area contributed by atoms with Gasteiger partial charge >= 0.3 is 0 Å². The van der Waals surface area contributed by atoms with Gasteiger partial charge in [0.05, 0.1) is 25.7 Å². The number of hydrogen-bond acceptors (Lipinski definition) is 1. The van der Waals surface area contributed by atoms with E-state index in [1.165, 1.54) is 0 Å². The highest BCUT2D eigenvalue weighted by atomic mass is 19.3. The number of benzene rings is 1. The minimum Gasteiger partial charge on any atom is -0.280 e. The van der Waals surface area contributed by atoms with Gasteiger partial charge in [-0.05, 0) is 23.3 Å². The molecule has 0 fully saturated rings. The molecule has 1 aromatic carbocycles. The molecule has 0 saturated heterocycles. The third-order valence-electron chi connectivity index (χ3n) is 3.32. The average molecular weight is 285 g/mol. The van der Waals surface area contributed by atoms with Crippen molar-refractivity contribution in [2.24, 2.45) is 14.1 Å². The molecule has 0 amide bonds. The number of allylic oxidation sites excluding steroid dienone is 1. The van der Waals surface area contributed by atoms with Gasteiger partial charge in [-0.25, -0.2) is 0 Å². The molecule has 0 bridgehead atoms. The molecule has 3 nitrogen and oxygen atoms in total. The van der Waals surface area contributed by atoms with E-state index in [9.17, 15) is 8.78 Å². The number of aryl methyl sites for hydroxylation is 2. The highest BCUT2D eigenvalue weighted by molar-refractivity contribution is 6.52. The molecule has 1 aromatic heterocycles. The fraction of sp³-hybridized carbons (Fsp3) is 0.200. The summed E-state index contributed by atoms with van der Waals surface area (Å²) in [4.78, 5) is 0. The third-order valence-corrected chi connectivity index (χ3v) is 3.32. The SMILES string of the molecule is Cn1cc[n+](C)c1[B-]CC(=C(F)F)c1ccc(C#N)cc1. The van der Waals surface area contributed by atoms with Crippen molar-refractivity contribution >= 4 is 18.6 Å². The molecule has 2 rings (SSSR count). The molecular formula is C15H14BF2N3. The van der Waals surface area contributed by atoms with E-state index < -0.39 is 6.08 Å². The minimum absolute atomic E-state index is 0.0271. The molecule has 2 aromatic rings. The van der Waals surface area contributed by atoms with Crippen molar-refractivity contribution in [3.05, 3.63) is 53.9 Å². The number of nitrogens with zero attached hydrogens (tertiary/aromatic N) is 3. The molecule has 2 radical (unpaired) electrons. The summed E-state index contributed by atoms with van der Waals surface area (Å²) in [5, 5.41) is 8.74. The number of nitriles is 1. The summed E-state index contributed by atoms with van der Waals surface area (Å²) in [6.07, 6.45) is 2.15. The summed E-state index contributed by atoms with van der Waals surface area (Å²) in [5.41, 5.74) is 1.71. The first-order valence-electron chi connectivity index (χ1n) is 6.41. The van der Waals surface area contributed by atoms with Crippen molar-refractivity contribution < 1.29 is 13.3 Å². The summed E-state index contributed by atoms with van der Waals surface area (Å²) in [6, 6.07) is 8.15. The summed E-state index contributed by atoms with van der Waals surface area (Å²) < 4.78 is 30.1. The number of imidazole rings is 1. The standard InChI is InChI=1S/C15H14BF2N3/c1-20-7-8-21(2)15(20)16-9-13(14(17)18)12-5-3-11(10-19)4-6-12/h3-8H,9H2,1-2H3. The zero-order valence-corrected chi connectivity index (χ0v) is 11.8. The highest BCUT2D eigenvalue weighted by Gasteiger charge is 2.07. The maximum Gasteiger partial charge on any atom is 0.270 e. The zero-order chi connectivity index (χ0) is 15.4. The number of rotatable bonds is 4. The van der Waals surface area contributed by atoms with Gasteiger partial charge in [0.25, 0.3) is 6.08 Å². The van der Waals surface area contributed by atoms with Gasteiger partial charge in [0, 0.05) is 5.72 Å². The fourth-order valence-corrected chi connectivity index (χ4v) is 2.13. The van der Waals surface area contributed by atoms with Crippen LogP contribution < -0.4 is 10.3 Å². The number of halogens is 2. The number of aromatic nitrogens is 2. The van der Waals surface area contributed by atoms with Crippen LogP contribution in [0.3, 0.4) is 0 Å². The van der Waals surface area contributed by atoms with Crippen molar-refractivity contribution in [3.63, 3.8) is 0 Å². The first-order valence-corrected chi connectivity index (χ1v) is 6.41. The van der Waals surface area contributed by atoms with Gasteiger partial charge in [0.15, 0.2) is 0 Å². The molecular weight excluding hydrogens is 271 g/mol. The van der Waals surface area contributed by atoms with Gasteiger partial charge < -0.3 is 0 Å². The normalized spacial score (nSPS) is 10.2. The lowest BCUT2D eigenvalue weighted by molar-refractivity contribution is -0.653. The van der Waals surface area contributed by atoms with E-state index in [2.05, 4.69) is 0 Å². The van der Waals surface area contributed by atoms with Crippen LogP contribution in [0.4, 0.5) is 8.78 Å². The minimum atomic E-state index is -1.70. The maximum atomic E-state index is 13.2. The second-order valence-corrected chi connectivity index (χ2v) is 4.71. The first-order chi connectivity index (χ1) is 10.0. The second kappa shape index (κ2) is 6.36. The molecule has 0 spiro atoms. The Bertz CT molecular complexity index is 688. The molecule has 0 aliphatic rings. The Morgan fingerprint density at radius 3 is 2.48 bits per heavy atom. The molecule has 0 unspecified atom stereocenters. The van der Waals surface area contributed by atoms with Crippen LogP contribution >= 0.6 is 0 Å². The molecule has 0 saturated carbocycles. The lowest BCUT2D eigenvalue weighted by Crippen LogP contribution is -2.49. The van der Waals surface area contributed by atoms with Crippen molar-refractivity contribution in [1.82, 2.24) is 4.57 Å². The third kappa shape index (κ3) is 3.37. The van der Waals surface area contributed by atoms with Crippen LogP contribution in [0.1, 0.15) is 11.1 Å². The Balaban J connectivity index is 2.21. The highest BCUT2D eigenvalue weighted by Crippen LogP contribution is 2.24. The van der Waals surface area contributed by atoms with Gasteiger partial charge in [0.1, 0.15) is 12.4 Å². The van der Waals surface area contributed by atoms with E-state index in [0.29, 0.717) is 11.1 Å². The van der Waals surface area contributed by atoms with Crippen LogP contribution in [0.2, 0.25) is 6.32 Å². The van der Waals surface area contributed by atoms with E-state index >= 15 is 0 Å². The monoisotopic (exact) mass is 285 g/mol. The van der Waals surface area contributed by atoms with Crippen LogP contribution in [0.15, 0.2) is 42.7 Å². The topological polar surface area (TPSA) is 32.6 Å². The maximum absolute atomic E-state index is 13.2. The predicted octanol–water partition coefficient (Wildman–Crippen LogP) is 1.78. The molecule has 0 aliphatic heterocycles. The molecule has 0 N–H and O–H groups in total. The van der Waals surface area contributed by atoms with Crippen molar-refractivity contribution in [2.75, 3.05) is 0 Å². The van der Waals surface area contributed by atoms with E-state index in [1.807, 2.05) is 41.7 Å². The molecule has 0 aliphatic carbocycles. The van der Waals surface area contributed by atoms with Crippen molar-refractivity contribution in [1.29, 1.82) is 5.26 Å². The van der Waals surface area contributed by atoms with Crippen LogP contribution in [0.5, 0.6) is 0 Å². The molecule has 0 atom stereocenters. The number of hydrogen-bond donors (Lipinski definition) is 0. The van der Waals surface area contributed by atoms with Gasteiger partial charge in [0.2, 0.25) is 0 Å². The Labute approximate surface area is 123 Å². The van der Waals surface area contributed by atoms with Gasteiger partial charge in [-0.1, -0.05) is 12.1 Å². The average Bonchev–Trinajstić information content (AvgIpc) is 2.79. The Hall–Kier alpha value is -2.42. The van der Waals surface area contributed by atoms with E-state index in [1.54, 1.807) is 31.5 Å². The van der Waals surface area contributed by atoms with Crippen LogP contribution in [-0.2, 0) is 14.1 Å². The lowest BCUT2D eigenvalue weighted by Gasteiger charge is -2.15. The summed E-state index contributed by atoms with van der Waals surface area (Å²) in [5.74, 6) is 0. The summed E-state index contributed by atoms with van der Waals surface area (Å²) in [7, 11) is 5.48. The molecule has 21 heavy (non-hydrogen) atoms. The largest absolute Gasteiger partial charge is 0.280 e. The summed E-state index contributed by atoms with van der Waals surface area (Å²) in [6.45, 7) is 0. The predicted molar refractivity (Wildman–Crippen MR) is 77.1 cm³/mol.